The van der Waals surface area contributed by atoms with Crippen molar-refractivity contribution in [3.05, 3.63) is 28.7 Å². The van der Waals surface area contributed by atoms with Crippen molar-refractivity contribution in [3.8, 4) is 0 Å². The molecule has 1 aromatic rings. The van der Waals surface area contributed by atoms with Crippen LogP contribution in [-0.2, 0) is 4.79 Å². The smallest absolute Gasteiger partial charge is 0.245 e. The van der Waals surface area contributed by atoms with Crippen LogP contribution in [-0.4, -0.2) is 50.1 Å². The van der Waals surface area contributed by atoms with Crippen molar-refractivity contribution >= 4 is 27.5 Å². The number of carbonyl (C=O) groups is 1. The van der Waals surface area contributed by atoms with Gasteiger partial charge in [-0.05, 0) is 49.1 Å². The molecule has 0 aromatic heterocycles. The molecule has 0 bridgehead atoms. The Morgan fingerprint density at radius 2 is 2.11 bits per heavy atom. The number of amides is 1. The molecule has 0 aliphatic carbocycles. The summed E-state index contributed by atoms with van der Waals surface area (Å²) in [6.45, 7) is 3.54. The molecule has 5 heteroatoms. The van der Waals surface area contributed by atoms with Crippen molar-refractivity contribution in [2.75, 3.05) is 32.1 Å². The Balaban J connectivity index is 2.31. The van der Waals surface area contributed by atoms with E-state index >= 15 is 0 Å². The molecular weight excluding hydrogens is 306 g/mol. The molecule has 1 aliphatic rings. The van der Waals surface area contributed by atoms with E-state index in [0.29, 0.717) is 12.6 Å². The minimum atomic E-state index is -0.110. The zero-order valence-corrected chi connectivity index (χ0v) is 13.1. The number of para-hydroxylation sites is 1. The Bertz CT molecular complexity index is 466. The highest BCUT2D eigenvalue weighted by Crippen LogP contribution is 2.29. The third kappa shape index (κ3) is 2.83. The van der Waals surface area contributed by atoms with Crippen LogP contribution in [0.5, 0.6) is 0 Å². The number of nitrogens with zero attached hydrogens (tertiary/aromatic N) is 2. The first kappa shape index (κ1) is 14.5. The topological polar surface area (TPSA) is 35.6 Å². The van der Waals surface area contributed by atoms with Crippen molar-refractivity contribution in [2.45, 2.75) is 19.0 Å². The Labute approximate surface area is 122 Å². The van der Waals surface area contributed by atoms with Crippen molar-refractivity contribution in [2.24, 2.45) is 0 Å². The first-order valence-electron chi connectivity index (χ1n) is 6.48. The van der Waals surface area contributed by atoms with Crippen LogP contribution in [0.1, 0.15) is 6.92 Å². The number of rotatable bonds is 3. The van der Waals surface area contributed by atoms with Gasteiger partial charge in [0.1, 0.15) is 6.04 Å². The summed E-state index contributed by atoms with van der Waals surface area (Å²) in [6.07, 6.45) is 0. The number of benzene rings is 1. The van der Waals surface area contributed by atoms with Gasteiger partial charge in [-0.1, -0.05) is 12.1 Å². The third-order valence-electron chi connectivity index (χ3n) is 3.73. The van der Waals surface area contributed by atoms with Crippen molar-refractivity contribution in [3.63, 3.8) is 0 Å². The summed E-state index contributed by atoms with van der Waals surface area (Å²) in [5.41, 5.74) is 0.952. The van der Waals surface area contributed by atoms with Gasteiger partial charge in [-0.15, -0.1) is 0 Å². The molecule has 19 heavy (non-hydrogen) atoms. The average molecular weight is 326 g/mol. The van der Waals surface area contributed by atoms with Crippen molar-refractivity contribution in [1.29, 1.82) is 0 Å². The largest absolute Gasteiger partial charge is 0.318 e. The lowest BCUT2D eigenvalue weighted by molar-refractivity contribution is -0.126. The highest BCUT2D eigenvalue weighted by molar-refractivity contribution is 9.10. The predicted octanol–water partition coefficient (Wildman–Crippen LogP) is 1.70. The van der Waals surface area contributed by atoms with E-state index in [1.807, 2.05) is 43.3 Å². The van der Waals surface area contributed by atoms with Gasteiger partial charge < -0.3 is 10.2 Å². The number of anilines is 1. The van der Waals surface area contributed by atoms with Gasteiger partial charge in [-0.3, -0.25) is 9.69 Å². The molecule has 1 N–H and O–H groups in total. The summed E-state index contributed by atoms with van der Waals surface area (Å²) >= 11 is 3.53. The first-order valence-corrected chi connectivity index (χ1v) is 7.28. The highest BCUT2D eigenvalue weighted by Gasteiger charge is 2.37. The van der Waals surface area contributed by atoms with Gasteiger partial charge in [-0.25, -0.2) is 0 Å². The van der Waals surface area contributed by atoms with E-state index in [0.717, 1.165) is 16.7 Å². The minimum absolute atomic E-state index is 0.110. The molecule has 2 atom stereocenters. The molecule has 2 rings (SSSR count). The van der Waals surface area contributed by atoms with Crippen molar-refractivity contribution < 1.29 is 4.79 Å². The summed E-state index contributed by atoms with van der Waals surface area (Å²) < 4.78 is 0.961. The molecule has 0 saturated carbocycles. The van der Waals surface area contributed by atoms with Gasteiger partial charge in [0.15, 0.2) is 0 Å². The lowest BCUT2D eigenvalue weighted by atomic mass is 10.1. The SMILES string of the molecule is CNCC1C(=O)N(c2ccccc2Br)CC(C)N1C. The maximum Gasteiger partial charge on any atom is 0.245 e. The molecule has 104 valence electrons. The normalized spacial score (nSPS) is 24.8. The van der Waals surface area contributed by atoms with E-state index in [1.165, 1.54) is 0 Å². The van der Waals surface area contributed by atoms with Gasteiger partial charge in [0.25, 0.3) is 0 Å². The maximum atomic E-state index is 12.6. The molecule has 1 aromatic carbocycles. The van der Waals surface area contributed by atoms with Crippen LogP contribution in [0.3, 0.4) is 0 Å². The van der Waals surface area contributed by atoms with Gasteiger partial charge in [0, 0.05) is 23.6 Å². The fraction of sp³-hybridized carbons (Fsp3) is 0.500. The van der Waals surface area contributed by atoms with E-state index in [-0.39, 0.29) is 11.9 Å². The molecule has 0 radical (unpaired) electrons. The first-order chi connectivity index (χ1) is 9.06. The summed E-state index contributed by atoms with van der Waals surface area (Å²) in [6, 6.07) is 8.10. The van der Waals surface area contributed by atoms with Gasteiger partial charge in [0.05, 0.1) is 5.69 Å². The standard InChI is InChI=1S/C14H20BrN3O/c1-10-9-18(12-7-5-4-6-11(12)15)14(19)13(8-16-2)17(10)3/h4-7,10,13,16H,8-9H2,1-3H3. The van der Waals surface area contributed by atoms with E-state index in [2.05, 4.69) is 33.1 Å². The van der Waals surface area contributed by atoms with Crippen LogP contribution in [0.15, 0.2) is 28.7 Å². The van der Waals surface area contributed by atoms with E-state index in [1.54, 1.807) is 0 Å². The Kier molecular flexibility index (Phi) is 4.60. The van der Waals surface area contributed by atoms with Crippen LogP contribution in [0.2, 0.25) is 0 Å². The molecule has 1 amide bonds. The maximum absolute atomic E-state index is 12.6. The van der Waals surface area contributed by atoms with Gasteiger partial charge >= 0.3 is 0 Å². The molecule has 0 spiro atoms. The Morgan fingerprint density at radius 3 is 2.74 bits per heavy atom. The second kappa shape index (κ2) is 6.03. The number of hydrogen-bond acceptors (Lipinski definition) is 3. The number of piperazine rings is 1. The lowest BCUT2D eigenvalue weighted by Crippen LogP contribution is -2.62. The van der Waals surface area contributed by atoms with Crippen LogP contribution in [0.25, 0.3) is 0 Å². The fourth-order valence-corrected chi connectivity index (χ4v) is 2.96. The molecule has 1 aliphatic heterocycles. The summed E-state index contributed by atoms with van der Waals surface area (Å²) in [4.78, 5) is 16.7. The predicted molar refractivity (Wildman–Crippen MR) is 81.4 cm³/mol. The second-order valence-corrected chi connectivity index (χ2v) is 5.84. The lowest BCUT2D eigenvalue weighted by Gasteiger charge is -2.43. The van der Waals surface area contributed by atoms with E-state index < -0.39 is 0 Å². The summed E-state index contributed by atoms with van der Waals surface area (Å²) in [5.74, 6) is 0.154. The zero-order valence-electron chi connectivity index (χ0n) is 11.6. The Morgan fingerprint density at radius 1 is 1.42 bits per heavy atom. The fourth-order valence-electron chi connectivity index (χ4n) is 2.46. The molecule has 1 fully saturated rings. The molecular formula is C14H20BrN3O. The van der Waals surface area contributed by atoms with Crippen LogP contribution in [0.4, 0.5) is 5.69 Å². The number of likely N-dealkylation sites (N-methyl/N-ethyl adjacent to an activating group) is 2. The molecule has 4 nitrogen and oxygen atoms in total. The van der Waals surface area contributed by atoms with Crippen LogP contribution in [0, 0.1) is 0 Å². The van der Waals surface area contributed by atoms with Gasteiger partial charge in [0.2, 0.25) is 5.91 Å². The average Bonchev–Trinajstić information content (AvgIpc) is 2.40. The van der Waals surface area contributed by atoms with E-state index in [9.17, 15) is 4.79 Å². The molecule has 2 unspecified atom stereocenters. The molecule has 1 heterocycles. The Hall–Kier alpha value is -0.910. The van der Waals surface area contributed by atoms with Crippen molar-refractivity contribution in [1.82, 2.24) is 10.2 Å². The summed E-state index contributed by atoms with van der Waals surface area (Å²) in [7, 11) is 3.89. The molecule has 1 saturated heterocycles. The quantitative estimate of drug-likeness (QED) is 0.918. The number of nitrogens with one attached hydrogen (secondary N) is 1. The number of halogens is 1. The number of carbonyl (C=O) groups excluding carboxylic acids is 1. The summed E-state index contributed by atoms with van der Waals surface area (Å²) in [5, 5.41) is 3.10. The number of hydrogen-bond donors (Lipinski definition) is 1. The third-order valence-corrected chi connectivity index (χ3v) is 4.40. The van der Waals surface area contributed by atoms with Gasteiger partial charge in [-0.2, -0.15) is 0 Å². The highest BCUT2D eigenvalue weighted by atomic mass is 79.9. The van der Waals surface area contributed by atoms with Crippen LogP contribution < -0.4 is 10.2 Å². The monoisotopic (exact) mass is 325 g/mol. The minimum Gasteiger partial charge on any atom is -0.318 e. The van der Waals surface area contributed by atoms with E-state index in [4.69, 9.17) is 0 Å². The second-order valence-electron chi connectivity index (χ2n) is 4.99. The zero-order chi connectivity index (χ0) is 14.0. The van der Waals surface area contributed by atoms with Crippen LogP contribution >= 0.6 is 15.9 Å².